The fourth-order valence-corrected chi connectivity index (χ4v) is 4.25. The molecule has 2 aromatic heterocycles. The Balaban J connectivity index is 1.69. The first-order valence-corrected chi connectivity index (χ1v) is 10.7. The summed E-state index contributed by atoms with van der Waals surface area (Å²) in [4.78, 5) is 22.6. The van der Waals surface area contributed by atoms with E-state index >= 15 is 0 Å². The third kappa shape index (κ3) is 3.68. The second-order valence-electron chi connectivity index (χ2n) is 7.59. The number of carbonyl (C=O) groups excluding carboxylic acids is 1. The summed E-state index contributed by atoms with van der Waals surface area (Å²) in [5.74, 6) is -0.100. The molecule has 0 saturated heterocycles. The Kier molecular flexibility index (Phi) is 5.26. The first-order chi connectivity index (χ1) is 15.6. The van der Waals surface area contributed by atoms with Crippen molar-refractivity contribution in [1.29, 1.82) is 0 Å². The molecule has 4 heteroatoms. The molecule has 0 radical (unpaired) electrons. The number of hydrogen-bond donors (Lipinski definition) is 0. The molecule has 0 unspecified atom stereocenters. The molecule has 3 nitrogen and oxygen atoms in total. The van der Waals surface area contributed by atoms with Crippen molar-refractivity contribution in [3.05, 3.63) is 113 Å². The van der Waals surface area contributed by atoms with Crippen LogP contribution < -0.4 is 0 Å². The molecule has 0 atom stereocenters. The van der Waals surface area contributed by atoms with Crippen molar-refractivity contribution in [3.8, 4) is 11.1 Å². The first kappa shape index (κ1) is 20.1. The van der Waals surface area contributed by atoms with Crippen LogP contribution in [-0.2, 0) is 0 Å². The van der Waals surface area contributed by atoms with E-state index in [1.807, 2.05) is 91.9 Å². The standard InChI is InChI=1S/C28H19ClN2O/c1-18-27(26(32)14-11-19-15-16-30-24-10-6-5-9-22(19)24)28(20-7-3-2-4-8-20)23-17-21(29)12-13-25(23)31-18/h2-17H,1H3/b14-11+. The van der Waals surface area contributed by atoms with E-state index < -0.39 is 0 Å². The Morgan fingerprint density at radius 2 is 1.66 bits per heavy atom. The van der Waals surface area contributed by atoms with Crippen LogP contribution in [0.1, 0.15) is 21.6 Å². The van der Waals surface area contributed by atoms with Gasteiger partial charge in [-0.1, -0.05) is 66.2 Å². The summed E-state index contributed by atoms with van der Waals surface area (Å²) in [6.45, 7) is 1.88. The molecule has 5 rings (SSSR count). The molecular formula is C28H19ClN2O. The lowest BCUT2D eigenvalue weighted by molar-refractivity contribution is 0.104. The van der Waals surface area contributed by atoms with E-state index in [4.69, 9.17) is 16.6 Å². The van der Waals surface area contributed by atoms with E-state index in [0.717, 1.165) is 38.5 Å². The fraction of sp³-hybridized carbons (Fsp3) is 0.0357. The number of pyridine rings is 2. The van der Waals surface area contributed by atoms with Gasteiger partial charge in [0.1, 0.15) is 0 Å². The van der Waals surface area contributed by atoms with Crippen LogP contribution in [0.5, 0.6) is 0 Å². The summed E-state index contributed by atoms with van der Waals surface area (Å²) >= 11 is 6.31. The Morgan fingerprint density at radius 3 is 2.50 bits per heavy atom. The van der Waals surface area contributed by atoms with Crippen LogP contribution in [0.3, 0.4) is 0 Å². The van der Waals surface area contributed by atoms with Crippen LogP contribution in [0.4, 0.5) is 0 Å². The number of aromatic nitrogens is 2. The van der Waals surface area contributed by atoms with Crippen LogP contribution in [0.2, 0.25) is 5.02 Å². The summed E-state index contributed by atoms with van der Waals surface area (Å²) in [7, 11) is 0. The van der Waals surface area contributed by atoms with Gasteiger partial charge in [-0.15, -0.1) is 0 Å². The predicted molar refractivity (Wildman–Crippen MR) is 132 cm³/mol. The monoisotopic (exact) mass is 434 g/mol. The number of carbonyl (C=O) groups is 1. The average Bonchev–Trinajstić information content (AvgIpc) is 2.82. The summed E-state index contributed by atoms with van der Waals surface area (Å²) < 4.78 is 0. The smallest absolute Gasteiger partial charge is 0.188 e. The molecule has 5 aromatic rings. The predicted octanol–water partition coefficient (Wildman–Crippen LogP) is 7.31. The zero-order chi connectivity index (χ0) is 22.1. The lowest BCUT2D eigenvalue weighted by Crippen LogP contribution is -2.05. The number of fused-ring (bicyclic) bond motifs is 2. The second-order valence-corrected chi connectivity index (χ2v) is 8.03. The topological polar surface area (TPSA) is 42.9 Å². The first-order valence-electron chi connectivity index (χ1n) is 10.3. The summed E-state index contributed by atoms with van der Waals surface area (Å²) in [6.07, 6.45) is 5.23. The minimum absolute atomic E-state index is 0.100. The number of benzene rings is 3. The van der Waals surface area contributed by atoms with Crippen molar-refractivity contribution in [3.63, 3.8) is 0 Å². The summed E-state index contributed by atoms with van der Waals surface area (Å²) in [5.41, 5.74) is 5.73. The van der Waals surface area contributed by atoms with E-state index in [2.05, 4.69) is 4.98 Å². The highest BCUT2D eigenvalue weighted by atomic mass is 35.5. The van der Waals surface area contributed by atoms with Crippen molar-refractivity contribution < 1.29 is 4.79 Å². The van der Waals surface area contributed by atoms with Crippen molar-refractivity contribution in [2.45, 2.75) is 6.92 Å². The third-order valence-corrected chi connectivity index (χ3v) is 5.77. The van der Waals surface area contributed by atoms with Gasteiger partial charge in [0, 0.05) is 33.2 Å². The van der Waals surface area contributed by atoms with Crippen LogP contribution in [0.15, 0.2) is 91.1 Å². The zero-order valence-electron chi connectivity index (χ0n) is 17.4. The van der Waals surface area contributed by atoms with Crippen LogP contribution in [0, 0.1) is 6.92 Å². The van der Waals surface area contributed by atoms with Gasteiger partial charge in [0.2, 0.25) is 0 Å². The lowest BCUT2D eigenvalue weighted by atomic mass is 9.92. The average molecular weight is 435 g/mol. The molecule has 0 aliphatic heterocycles. The van der Waals surface area contributed by atoms with Gasteiger partial charge in [0.05, 0.1) is 16.6 Å². The van der Waals surface area contributed by atoms with Crippen LogP contribution >= 0.6 is 11.6 Å². The molecule has 32 heavy (non-hydrogen) atoms. The number of nitrogens with zero attached hydrogens (tertiary/aromatic N) is 2. The van der Waals surface area contributed by atoms with Crippen molar-refractivity contribution >= 4 is 45.3 Å². The molecule has 0 aliphatic carbocycles. The zero-order valence-corrected chi connectivity index (χ0v) is 18.2. The molecule has 3 aromatic carbocycles. The molecule has 0 bridgehead atoms. The molecule has 154 valence electrons. The normalized spacial score (nSPS) is 11.4. The maximum atomic E-state index is 13.5. The van der Waals surface area contributed by atoms with Gasteiger partial charge in [-0.2, -0.15) is 0 Å². The molecule has 0 aliphatic rings. The molecule has 0 amide bonds. The van der Waals surface area contributed by atoms with E-state index in [-0.39, 0.29) is 5.78 Å². The van der Waals surface area contributed by atoms with Crippen LogP contribution in [-0.4, -0.2) is 15.8 Å². The number of allylic oxidation sites excluding steroid dienone is 1. The number of rotatable bonds is 4. The molecule has 0 N–H and O–H groups in total. The highest BCUT2D eigenvalue weighted by Crippen LogP contribution is 2.35. The van der Waals surface area contributed by atoms with Crippen molar-refractivity contribution in [1.82, 2.24) is 9.97 Å². The second kappa shape index (κ2) is 8.37. The minimum Gasteiger partial charge on any atom is -0.289 e. The van der Waals surface area contributed by atoms with E-state index in [1.165, 1.54) is 0 Å². The molecule has 0 fully saturated rings. The maximum Gasteiger partial charge on any atom is 0.188 e. The van der Waals surface area contributed by atoms with E-state index in [0.29, 0.717) is 16.3 Å². The Labute approximate surface area is 191 Å². The highest BCUT2D eigenvalue weighted by Gasteiger charge is 2.19. The summed E-state index contributed by atoms with van der Waals surface area (Å²) in [6, 6.07) is 25.3. The number of ketones is 1. The Bertz CT molecular complexity index is 1500. The van der Waals surface area contributed by atoms with E-state index in [9.17, 15) is 4.79 Å². The highest BCUT2D eigenvalue weighted by molar-refractivity contribution is 6.31. The largest absolute Gasteiger partial charge is 0.289 e. The lowest BCUT2D eigenvalue weighted by Gasteiger charge is -2.14. The number of aryl methyl sites for hydroxylation is 1. The van der Waals surface area contributed by atoms with Crippen molar-refractivity contribution in [2.75, 3.05) is 0 Å². The van der Waals surface area contributed by atoms with Gasteiger partial charge in [-0.05, 0) is 54.5 Å². The third-order valence-electron chi connectivity index (χ3n) is 5.53. The van der Waals surface area contributed by atoms with Gasteiger partial charge in [0.25, 0.3) is 0 Å². The van der Waals surface area contributed by atoms with E-state index in [1.54, 1.807) is 12.3 Å². The Morgan fingerprint density at radius 1 is 0.875 bits per heavy atom. The quantitative estimate of drug-likeness (QED) is 0.220. The van der Waals surface area contributed by atoms with Gasteiger partial charge in [-0.25, -0.2) is 0 Å². The van der Waals surface area contributed by atoms with Gasteiger partial charge in [-0.3, -0.25) is 14.8 Å². The Hall–Kier alpha value is -3.82. The van der Waals surface area contributed by atoms with Gasteiger partial charge in [0.15, 0.2) is 5.78 Å². The molecule has 0 saturated carbocycles. The molecule has 0 spiro atoms. The van der Waals surface area contributed by atoms with Crippen LogP contribution in [0.25, 0.3) is 39.0 Å². The molecular weight excluding hydrogens is 416 g/mol. The number of hydrogen-bond acceptors (Lipinski definition) is 3. The SMILES string of the molecule is Cc1nc2ccc(Cl)cc2c(-c2ccccc2)c1C(=O)/C=C/c1ccnc2ccccc12. The van der Waals surface area contributed by atoms with Crippen molar-refractivity contribution in [2.24, 2.45) is 0 Å². The fourth-order valence-electron chi connectivity index (χ4n) is 4.08. The molecule has 2 heterocycles. The maximum absolute atomic E-state index is 13.5. The van der Waals surface area contributed by atoms with Gasteiger partial charge >= 0.3 is 0 Å². The summed E-state index contributed by atoms with van der Waals surface area (Å²) in [5, 5.41) is 2.47. The number of para-hydroxylation sites is 1. The minimum atomic E-state index is -0.100. The van der Waals surface area contributed by atoms with Gasteiger partial charge < -0.3 is 0 Å². The number of halogens is 1.